The van der Waals surface area contributed by atoms with Crippen molar-refractivity contribution in [2.24, 2.45) is 0 Å². The molecular weight excluding hydrogens is 740 g/mol. The van der Waals surface area contributed by atoms with E-state index in [9.17, 15) is 19.2 Å². The molecule has 37 heavy (non-hydrogen) atoms. The molecule has 0 unspecified atom stereocenters. The monoisotopic (exact) mass is 760 g/mol. The second-order valence-corrected chi connectivity index (χ2v) is 12.2. The number of rotatable bonds is 12. The molecule has 0 aliphatic carbocycles. The van der Waals surface area contributed by atoms with E-state index >= 15 is 0 Å². The minimum atomic E-state index is -0.682. The van der Waals surface area contributed by atoms with Gasteiger partial charge >= 0.3 is 0 Å². The van der Waals surface area contributed by atoms with Crippen molar-refractivity contribution in [1.82, 2.24) is 0 Å². The van der Waals surface area contributed by atoms with Gasteiger partial charge in [0.25, 0.3) is 0 Å². The number of ketones is 4. The van der Waals surface area contributed by atoms with Crippen molar-refractivity contribution in [2.75, 3.05) is 13.2 Å². The highest BCUT2D eigenvalue weighted by atomic mass is 79.9. The number of hydrogen-bond acceptors (Lipinski definition) is 6. The Bertz CT molecular complexity index is 1180. The molecule has 2 aromatic carbocycles. The number of carbonyl (C=O) groups is 4. The van der Waals surface area contributed by atoms with E-state index in [4.69, 9.17) is 9.47 Å². The third-order valence-electron chi connectivity index (χ3n) is 5.42. The average Bonchev–Trinajstić information content (AvgIpc) is 2.81. The first-order valence-corrected chi connectivity index (χ1v) is 14.0. The fourth-order valence-electron chi connectivity index (χ4n) is 3.17. The predicted molar refractivity (Wildman–Crippen MR) is 156 cm³/mol. The molecule has 196 valence electrons. The molecule has 0 aromatic heterocycles. The van der Waals surface area contributed by atoms with Crippen molar-refractivity contribution in [2.45, 2.75) is 33.1 Å². The molecule has 0 fully saturated rings. The van der Waals surface area contributed by atoms with Gasteiger partial charge in [-0.25, -0.2) is 0 Å². The van der Waals surface area contributed by atoms with Crippen molar-refractivity contribution in [3.63, 3.8) is 0 Å². The third kappa shape index (κ3) is 7.59. The van der Waals surface area contributed by atoms with E-state index in [0.717, 1.165) is 11.1 Å². The Morgan fingerprint density at radius 2 is 0.946 bits per heavy atom. The second kappa shape index (κ2) is 12.8. The summed E-state index contributed by atoms with van der Waals surface area (Å²) < 4.78 is 13.6. The lowest BCUT2D eigenvalue weighted by Crippen LogP contribution is -2.23. The van der Waals surface area contributed by atoms with E-state index in [2.05, 4.69) is 76.9 Å². The standard InChI is InChI=1S/C27H24Br4O6/c1-13(2)23(34)21(32)11-36-25-17(28)7-15(8-18(25)29)27(5,6)16-9-19(30)26(20(31)10-16)37-12-22(33)24(35)14(3)4/h7-10H,1,3,11-12H2,2,4-6H3. The van der Waals surface area contributed by atoms with E-state index in [1.54, 1.807) is 0 Å². The number of Topliss-reactive ketones (excluding diaryl/α,β-unsaturated/α-hetero) is 4. The van der Waals surface area contributed by atoms with Crippen LogP contribution in [0.1, 0.15) is 38.8 Å². The zero-order valence-corrected chi connectivity index (χ0v) is 26.9. The first-order valence-electron chi connectivity index (χ1n) is 10.8. The topological polar surface area (TPSA) is 86.7 Å². The van der Waals surface area contributed by atoms with E-state index in [-0.39, 0.29) is 11.1 Å². The summed E-state index contributed by atoms with van der Waals surface area (Å²) in [7, 11) is 0. The molecule has 0 saturated carbocycles. The van der Waals surface area contributed by atoms with Crippen LogP contribution in [0.4, 0.5) is 0 Å². The summed E-state index contributed by atoms with van der Waals surface area (Å²) in [5.74, 6) is -1.91. The van der Waals surface area contributed by atoms with Crippen molar-refractivity contribution >= 4 is 86.9 Å². The normalized spacial score (nSPS) is 11.0. The Hall–Kier alpha value is -1.88. The number of ether oxygens (including phenoxy) is 2. The fraction of sp³-hybridized carbons (Fsp3) is 0.259. The van der Waals surface area contributed by atoms with E-state index < -0.39 is 41.8 Å². The molecule has 2 rings (SSSR count). The SMILES string of the molecule is C=C(C)C(=O)C(=O)COc1c(Br)cc(C(C)(C)c2cc(Br)c(OCC(=O)C(=O)C(=C)C)c(Br)c2)cc1Br. The van der Waals surface area contributed by atoms with Gasteiger partial charge in [-0.15, -0.1) is 0 Å². The quantitative estimate of drug-likeness (QED) is 0.167. The molecule has 0 saturated heterocycles. The van der Waals surface area contributed by atoms with Gasteiger partial charge < -0.3 is 9.47 Å². The molecule has 0 heterocycles. The molecular formula is C27H24Br4O6. The number of halogens is 4. The van der Waals surface area contributed by atoms with Gasteiger partial charge in [-0.1, -0.05) is 27.0 Å². The van der Waals surface area contributed by atoms with Crippen LogP contribution in [0.15, 0.2) is 66.5 Å². The predicted octanol–water partition coefficient (Wildman–Crippen LogP) is 7.25. The fourth-order valence-corrected chi connectivity index (χ4v) is 6.00. The highest BCUT2D eigenvalue weighted by Gasteiger charge is 2.28. The summed E-state index contributed by atoms with van der Waals surface area (Å²) in [6.07, 6.45) is 0. The Morgan fingerprint density at radius 1 is 0.676 bits per heavy atom. The summed E-state index contributed by atoms with van der Waals surface area (Å²) in [6.45, 7) is 13.2. The van der Waals surface area contributed by atoms with Gasteiger partial charge in [0, 0.05) is 5.41 Å². The van der Waals surface area contributed by atoms with Crippen molar-refractivity contribution in [3.05, 3.63) is 77.6 Å². The molecule has 0 atom stereocenters. The van der Waals surface area contributed by atoms with Gasteiger partial charge in [-0.3, -0.25) is 19.2 Å². The number of hydrogen-bond donors (Lipinski definition) is 0. The van der Waals surface area contributed by atoms with Gasteiger partial charge in [-0.2, -0.15) is 0 Å². The maximum absolute atomic E-state index is 12.0. The number of benzene rings is 2. The van der Waals surface area contributed by atoms with Crippen molar-refractivity contribution in [3.8, 4) is 11.5 Å². The molecule has 0 amide bonds. The summed E-state index contributed by atoms with van der Waals surface area (Å²) in [4.78, 5) is 47.6. The van der Waals surface area contributed by atoms with Crippen LogP contribution in [0.2, 0.25) is 0 Å². The average molecular weight is 764 g/mol. The minimum Gasteiger partial charge on any atom is -0.483 e. The molecule has 10 heteroatoms. The van der Waals surface area contributed by atoms with Crippen LogP contribution in [0.5, 0.6) is 11.5 Å². The summed E-state index contributed by atoms with van der Waals surface area (Å²) in [5.41, 5.74) is 1.63. The molecule has 0 radical (unpaired) electrons. The van der Waals surface area contributed by atoms with Gasteiger partial charge in [-0.05, 0) is 124 Å². The third-order valence-corrected chi connectivity index (χ3v) is 7.77. The van der Waals surface area contributed by atoms with E-state index in [1.807, 2.05) is 38.1 Å². The Balaban J connectivity index is 2.31. The van der Waals surface area contributed by atoms with Crippen molar-refractivity contribution in [1.29, 1.82) is 0 Å². The maximum Gasteiger partial charge on any atom is 0.240 e. The lowest BCUT2D eigenvalue weighted by atomic mass is 9.78. The van der Waals surface area contributed by atoms with Crippen LogP contribution in [0.25, 0.3) is 0 Å². The van der Waals surface area contributed by atoms with Crippen LogP contribution >= 0.6 is 63.7 Å². The molecule has 2 aromatic rings. The first-order chi connectivity index (χ1) is 17.1. The van der Waals surface area contributed by atoms with Gasteiger partial charge in [0.05, 0.1) is 17.9 Å². The smallest absolute Gasteiger partial charge is 0.240 e. The highest BCUT2D eigenvalue weighted by Crippen LogP contribution is 2.44. The molecule has 0 aliphatic heterocycles. The first kappa shape index (κ1) is 31.3. The van der Waals surface area contributed by atoms with E-state index in [1.165, 1.54) is 13.8 Å². The summed E-state index contributed by atoms with van der Waals surface area (Å²) in [6, 6.07) is 7.50. The molecule has 0 aliphatic rings. The van der Waals surface area contributed by atoms with Crippen LogP contribution in [-0.2, 0) is 24.6 Å². The van der Waals surface area contributed by atoms with Gasteiger partial charge in [0.15, 0.2) is 13.2 Å². The molecule has 0 bridgehead atoms. The van der Waals surface area contributed by atoms with Crippen LogP contribution in [-0.4, -0.2) is 36.3 Å². The number of carbonyl (C=O) groups excluding carboxylic acids is 4. The Labute approximate surface area is 249 Å². The molecule has 0 spiro atoms. The highest BCUT2D eigenvalue weighted by molar-refractivity contribution is 9.11. The van der Waals surface area contributed by atoms with Crippen LogP contribution in [0, 0.1) is 0 Å². The maximum atomic E-state index is 12.0. The summed E-state index contributed by atoms with van der Waals surface area (Å²) >= 11 is 14.0. The minimum absolute atomic E-state index is 0.157. The van der Waals surface area contributed by atoms with Gasteiger partial charge in [0.1, 0.15) is 11.5 Å². The second-order valence-electron chi connectivity index (χ2n) is 8.81. The lowest BCUT2D eigenvalue weighted by molar-refractivity contribution is -0.135. The lowest BCUT2D eigenvalue weighted by Gasteiger charge is -2.28. The zero-order chi connectivity index (χ0) is 28.2. The van der Waals surface area contributed by atoms with E-state index in [0.29, 0.717) is 29.4 Å². The van der Waals surface area contributed by atoms with Crippen molar-refractivity contribution < 1.29 is 28.7 Å². The largest absolute Gasteiger partial charge is 0.483 e. The van der Waals surface area contributed by atoms with Crippen LogP contribution in [0.3, 0.4) is 0 Å². The Kier molecular flexibility index (Phi) is 10.8. The number of allylic oxidation sites excluding steroid dienone is 2. The van der Waals surface area contributed by atoms with Crippen LogP contribution < -0.4 is 9.47 Å². The summed E-state index contributed by atoms with van der Waals surface area (Å²) in [5, 5.41) is 0. The Morgan fingerprint density at radius 3 is 1.19 bits per heavy atom. The van der Waals surface area contributed by atoms with Gasteiger partial charge in [0.2, 0.25) is 23.1 Å². The molecule has 0 N–H and O–H groups in total. The zero-order valence-electron chi connectivity index (χ0n) is 20.6. The molecule has 6 nitrogen and oxygen atoms in total.